The molecule has 0 fully saturated rings. The molecule has 0 aliphatic rings. The summed E-state index contributed by atoms with van der Waals surface area (Å²) in [6, 6.07) is 2.01. The van der Waals surface area contributed by atoms with Gasteiger partial charge in [-0.25, -0.2) is 4.79 Å². The first-order chi connectivity index (χ1) is 10.5. The Kier molecular flexibility index (Phi) is 4.98. The normalized spacial score (nSPS) is 11.1. The number of aryl methyl sites for hydroxylation is 2. The largest absolute Gasteiger partial charge is 0.461 e. The molecule has 0 saturated carbocycles. The van der Waals surface area contributed by atoms with E-state index in [-0.39, 0.29) is 5.78 Å². The predicted octanol–water partition coefficient (Wildman–Crippen LogP) is 4.07. The standard InChI is InChI=1S/C17H19NO3S/c1-5-21-17(20)16-11(3)15(12(4)18-16)13(19)6-7-14-10(2)8-9-22-14/h6-9,18H,5H2,1-4H3. The number of ketones is 1. The molecule has 2 heterocycles. The molecule has 0 saturated heterocycles. The van der Waals surface area contributed by atoms with Crippen LogP contribution >= 0.6 is 11.3 Å². The second-order valence-electron chi connectivity index (χ2n) is 5.01. The van der Waals surface area contributed by atoms with Crippen molar-refractivity contribution in [2.75, 3.05) is 6.61 Å². The molecule has 0 bridgehead atoms. The highest BCUT2D eigenvalue weighted by Gasteiger charge is 2.21. The van der Waals surface area contributed by atoms with Crippen molar-refractivity contribution in [1.29, 1.82) is 0 Å². The summed E-state index contributed by atoms with van der Waals surface area (Å²) in [7, 11) is 0. The number of thiophene rings is 1. The van der Waals surface area contributed by atoms with E-state index in [9.17, 15) is 9.59 Å². The highest BCUT2D eigenvalue weighted by Crippen LogP contribution is 2.22. The maximum absolute atomic E-state index is 12.4. The highest BCUT2D eigenvalue weighted by molar-refractivity contribution is 7.11. The molecular weight excluding hydrogens is 298 g/mol. The van der Waals surface area contributed by atoms with E-state index in [1.807, 2.05) is 24.4 Å². The number of esters is 1. The van der Waals surface area contributed by atoms with Crippen LogP contribution in [0.3, 0.4) is 0 Å². The number of carbonyl (C=O) groups is 2. The summed E-state index contributed by atoms with van der Waals surface area (Å²) in [5.41, 5.74) is 3.34. The van der Waals surface area contributed by atoms with E-state index < -0.39 is 5.97 Å². The first kappa shape index (κ1) is 16.2. The van der Waals surface area contributed by atoms with Crippen LogP contribution in [-0.2, 0) is 4.74 Å². The number of carbonyl (C=O) groups excluding carboxylic acids is 2. The lowest BCUT2D eigenvalue weighted by Gasteiger charge is -2.00. The summed E-state index contributed by atoms with van der Waals surface area (Å²) in [6.07, 6.45) is 3.37. The molecule has 4 nitrogen and oxygen atoms in total. The SMILES string of the molecule is CCOC(=O)c1[nH]c(C)c(C(=O)C=Cc2sccc2C)c1C. The number of rotatable bonds is 5. The van der Waals surface area contributed by atoms with Gasteiger partial charge < -0.3 is 9.72 Å². The van der Waals surface area contributed by atoms with Crippen molar-refractivity contribution in [3.05, 3.63) is 50.5 Å². The van der Waals surface area contributed by atoms with Crippen LogP contribution in [0.5, 0.6) is 0 Å². The van der Waals surface area contributed by atoms with E-state index in [4.69, 9.17) is 4.74 Å². The molecule has 0 amide bonds. The fourth-order valence-corrected chi connectivity index (χ4v) is 3.14. The van der Waals surface area contributed by atoms with Crippen molar-refractivity contribution in [1.82, 2.24) is 4.98 Å². The molecule has 2 aromatic rings. The molecule has 22 heavy (non-hydrogen) atoms. The van der Waals surface area contributed by atoms with Gasteiger partial charge in [-0.2, -0.15) is 0 Å². The smallest absolute Gasteiger partial charge is 0.355 e. The quantitative estimate of drug-likeness (QED) is 0.513. The zero-order valence-corrected chi connectivity index (χ0v) is 14.0. The maximum atomic E-state index is 12.4. The van der Waals surface area contributed by atoms with Gasteiger partial charge in [0.15, 0.2) is 5.78 Å². The van der Waals surface area contributed by atoms with E-state index in [0.717, 1.165) is 10.4 Å². The van der Waals surface area contributed by atoms with Crippen molar-refractivity contribution < 1.29 is 14.3 Å². The van der Waals surface area contributed by atoms with Crippen molar-refractivity contribution in [2.24, 2.45) is 0 Å². The Bertz CT molecular complexity index is 737. The number of nitrogens with one attached hydrogen (secondary N) is 1. The molecular formula is C17H19NO3S. The van der Waals surface area contributed by atoms with Gasteiger partial charge in [-0.1, -0.05) is 0 Å². The van der Waals surface area contributed by atoms with E-state index in [2.05, 4.69) is 4.98 Å². The van der Waals surface area contributed by atoms with Crippen LogP contribution in [-0.4, -0.2) is 23.3 Å². The Labute approximate surface area is 133 Å². The third-order valence-electron chi connectivity index (χ3n) is 3.45. The third-order valence-corrected chi connectivity index (χ3v) is 4.44. The number of allylic oxidation sites excluding steroid dienone is 1. The van der Waals surface area contributed by atoms with Crippen molar-refractivity contribution in [3.8, 4) is 0 Å². The maximum Gasteiger partial charge on any atom is 0.355 e. The van der Waals surface area contributed by atoms with Crippen LogP contribution in [0, 0.1) is 20.8 Å². The molecule has 0 spiro atoms. The number of H-pyrrole nitrogens is 1. The summed E-state index contributed by atoms with van der Waals surface area (Å²) in [4.78, 5) is 28.3. The van der Waals surface area contributed by atoms with Gasteiger partial charge in [0, 0.05) is 16.1 Å². The number of aromatic nitrogens is 1. The van der Waals surface area contributed by atoms with Gasteiger partial charge in [-0.15, -0.1) is 11.3 Å². The van der Waals surface area contributed by atoms with Crippen LogP contribution < -0.4 is 0 Å². The van der Waals surface area contributed by atoms with E-state index in [1.54, 1.807) is 38.2 Å². The van der Waals surface area contributed by atoms with Gasteiger partial charge in [0.05, 0.1) is 6.61 Å². The number of aromatic amines is 1. The first-order valence-corrected chi connectivity index (χ1v) is 7.96. The number of hydrogen-bond donors (Lipinski definition) is 1. The lowest BCUT2D eigenvalue weighted by Crippen LogP contribution is -2.07. The second-order valence-corrected chi connectivity index (χ2v) is 5.96. The lowest BCUT2D eigenvalue weighted by molar-refractivity contribution is 0.0519. The summed E-state index contributed by atoms with van der Waals surface area (Å²) in [6.45, 7) is 7.60. The van der Waals surface area contributed by atoms with Gasteiger partial charge in [0.2, 0.25) is 0 Å². The van der Waals surface area contributed by atoms with Gasteiger partial charge in [0.1, 0.15) is 5.69 Å². The van der Waals surface area contributed by atoms with Gasteiger partial charge in [0.25, 0.3) is 0 Å². The predicted molar refractivity (Wildman–Crippen MR) is 88.6 cm³/mol. The molecule has 0 unspecified atom stereocenters. The minimum Gasteiger partial charge on any atom is -0.461 e. The van der Waals surface area contributed by atoms with Crippen molar-refractivity contribution in [3.63, 3.8) is 0 Å². The molecule has 2 aromatic heterocycles. The van der Waals surface area contributed by atoms with Gasteiger partial charge in [-0.05, 0) is 62.4 Å². The van der Waals surface area contributed by atoms with Crippen LogP contribution in [0.4, 0.5) is 0 Å². The zero-order chi connectivity index (χ0) is 16.3. The molecule has 1 N–H and O–H groups in total. The monoisotopic (exact) mass is 317 g/mol. The van der Waals surface area contributed by atoms with Crippen molar-refractivity contribution in [2.45, 2.75) is 27.7 Å². The average molecular weight is 317 g/mol. The minimum atomic E-state index is -0.430. The molecule has 0 atom stereocenters. The summed E-state index contributed by atoms with van der Waals surface area (Å²) < 4.78 is 4.99. The van der Waals surface area contributed by atoms with Crippen molar-refractivity contribution >= 4 is 29.2 Å². The minimum absolute atomic E-state index is 0.116. The Morgan fingerprint density at radius 2 is 2.05 bits per heavy atom. The molecule has 5 heteroatoms. The van der Waals surface area contributed by atoms with E-state index >= 15 is 0 Å². The van der Waals surface area contributed by atoms with Gasteiger partial charge >= 0.3 is 5.97 Å². The number of hydrogen-bond acceptors (Lipinski definition) is 4. The summed E-state index contributed by atoms with van der Waals surface area (Å²) in [5.74, 6) is -0.546. The molecule has 2 rings (SSSR count). The van der Waals surface area contributed by atoms with E-state index in [0.29, 0.717) is 29.1 Å². The van der Waals surface area contributed by atoms with Crippen LogP contribution in [0.25, 0.3) is 6.08 Å². The first-order valence-electron chi connectivity index (χ1n) is 7.08. The van der Waals surface area contributed by atoms with E-state index in [1.165, 1.54) is 0 Å². The Hall–Kier alpha value is -2.14. The molecule has 116 valence electrons. The van der Waals surface area contributed by atoms with Crippen LogP contribution in [0.1, 0.15) is 49.5 Å². The molecule has 0 aliphatic carbocycles. The van der Waals surface area contributed by atoms with Crippen LogP contribution in [0.2, 0.25) is 0 Å². The fourth-order valence-electron chi connectivity index (χ4n) is 2.32. The lowest BCUT2D eigenvalue weighted by atomic mass is 10.0. The molecule has 0 aliphatic heterocycles. The Balaban J connectivity index is 2.29. The Morgan fingerprint density at radius 3 is 2.64 bits per heavy atom. The average Bonchev–Trinajstić information content (AvgIpc) is 3.00. The van der Waals surface area contributed by atoms with Crippen LogP contribution in [0.15, 0.2) is 17.5 Å². The zero-order valence-electron chi connectivity index (χ0n) is 13.1. The number of ether oxygens (including phenoxy) is 1. The molecule has 0 radical (unpaired) electrons. The summed E-state index contributed by atoms with van der Waals surface area (Å²) in [5, 5.41) is 1.99. The molecule has 0 aromatic carbocycles. The Morgan fingerprint density at radius 1 is 1.32 bits per heavy atom. The fraction of sp³-hybridized carbons (Fsp3) is 0.294. The highest BCUT2D eigenvalue weighted by atomic mass is 32.1. The topological polar surface area (TPSA) is 59.2 Å². The van der Waals surface area contributed by atoms with Gasteiger partial charge in [-0.3, -0.25) is 4.79 Å². The summed E-state index contributed by atoms with van der Waals surface area (Å²) >= 11 is 1.59. The second kappa shape index (κ2) is 6.75. The third kappa shape index (κ3) is 3.20.